The number of halogens is 1. The van der Waals surface area contributed by atoms with Gasteiger partial charge < -0.3 is 4.74 Å². The summed E-state index contributed by atoms with van der Waals surface area (Å²) >= 11 is 3.57. The molecule has 0 aliphatic heterocycles. The van der Waals surface area contributed by atoms with Gasteiger partial charge in [0.25, 0.3) is 0 Å². The molecule has 106 valence electrons. The van der Waals surface area contributed by atoms with Gasteiger partial charge >= 0.3 is 0 Å². The first kappa shape index (κ1) is 15.1. The number of hydrogen-bond acceptors (Lipinski definition) is 1. The van der Waals surface area contributed by atoms with E-state index in [1.54, 1.807) is 0 Å². The lowest BCUT2D eigenvalue weighted by Gasteiger charge is -2.24. The van der Waals surface area contributed by atoms with Gasteiger partial charge in [-0.3, -0.25) is 0 Å². The quantitative estimate of drug-likeness (QED) is 0.680. The second-order valence-corrected chi connectivity index (χ2v) is 6.51. The fourth-order valence-electron chi connectivity index (χ4n) is 1.97. The smallest absolute Gasteiger partial charge is 0.134 e. The van der Waals surface area contributed by atoms with Gasteiger partial charge in [0.2, 0.25) is 0 Å². The molecule has 0 atom stereocenters. The molecule has 2 aromatic carbocycles. The molecule has 0 aliphatic carbocycles. The van der Waals surface area contributed by atoms with Gasteiger partial charge in [0.1, 0.15) is 12.4 Å². The summed E-state index contributed by atoms with van der Waals surface area (Å²) in [6.45, 7) is 7.33. The van der Waals surface area contributed by atoms with Crippen molar-refractivity contribution in [2.24, 2.45) is 0 Å². The highest BCUT2D eigenvalue weighted by molar-refractivity contribution is 9.10. The van der Waals surface area contributed by atoms with Crippen molar-refractivity contribution < 1.29 is 4.74 Å². The van der Waals surface area contributed by atoms with Crippen LogP contribution >= 0.6 is 15.9 Å². The predicted octanol–water partition coefficient (Wildman–Crippen LogP) is 5.72. The van der Waals surface area contributed by atoms with E-state index in [0.29, 0.717) is 6.61 Å². The third-order valence-electron chi connectivity index (χ3n) is 3.83. The zero-order valence-corrected chi connectivity index (χ0v) is 13.9. The molecule has 1 nitrogen and oxygen atoms in total. The Morgan fingerprint density at radius 3 is 2.40 bits per heavy atom. The van der Waals surface area contributed by atoms with Crippen LogP contribution in [0.3, 0.4) is 0 Å². The maximum atomic E-state index is 5.96. The van der Waals surface area contributed by atoms with Crippen LogP contribution in [0.4, 0.5) is 0 Å². The second-order valence-electron chi connectivity index (χ2n) is 5.66. The number of hydrogen-bond donors (Lipinski definition) is 0. The molecule has 2 heteroatoms. The first-order valence-corrected chi connectivity index (χ1v) is 7.79. The largest absolute Gasteiger partial charge is 0.488 e. The minimum atomic E-state index is 0.172. The molecule has 0 heterocycles. The molecule has 0 aliphatic rings. The summed E-state index contributed by atoms with van der Waals surface area (Å²) in [5.74, 6) is 0.910. The van der Waals surface area contributed by atoms with Crippen molar-refractivity contribution in [2.45, 2.75) is 39.2 Å². The Morgan fingerprint density at radius 1 is 1.05 bits per heavy atom. The predicted molar refractivity (Wildman–Crippen MR) is 88.2 cm³/mol. The van der Waals surface area contributed by atoms with Gasteiger partial charge in [-0.1, -0.05) is 57.2 Å². The average molecular weight is 333 g/mol. The molecule has 2 aromatic rings. The van der Waals surface area contributed by atoms with E-state index in [1.165, 1.54) is 11.1 Å². The summed E-state index contributed by atoms with van der Waals surface area (Å²) in [6.07, 6.45) is 1.10. The van der Waals surface area contributed by atoms with Crippen molar-refractivity contribution in [1.29, 1.82) is 0 Å². The van der Waals surface area contributed by atoms with Gasteiger partial charge in [0.05, 0.1) is 4.47 Å². The van der Waals surface area contributed by atoms with Crippen molar-refractivity contribution in [3.63, 3.8) is 0 Å². The van der Waals surface area contributed by atoms with Gasteiger partial charge in [0.15, 0.2) is 0 Å². The number of benzene rings is 2. The van der Waals surface area contributed by atoms with Crippen molar-refractivity contribution in [3.05, 3.63) is 64.1 Å². The Labute approximate surface area is 130 Å². The minimum Gasteiger partial charge on any atom is -0.488 e. The standard InChI is InChI=1S/C18H21BrO/c1-4-18(2,3)15-10-11-16(19)17(12-15)20-13-14-8-6-5-7-9-14/h5-12H,4,13H2,1-3H3. The number of rotatable bonds is 5. The first-order valence-electron chi connectivity index (χ1n) is 6.99. The van der Waals surface area contributed by atoms with Crippen LogP contribution in [0.1, 0.15) is 38.3 Å². The van der Waals surface area contributed by atoms with Gasteiger partial charge in [-0.15, -0.1) is 0 Å². The molecule has 20 heavy (non-hydrogen) atoms. The van der Waals surface area contributed by atoms with Crippen molar-refractivity contribution in [2.75, 3.05) is 0 Å². The number of ether oxygens (including phenoxy) is 1. The van der Waals surface area contributed by atoms with Gasteiger partial charge in [-0.05, 0) is 51.0 Å². The minimum absolute atomic E-state index is 0.172. The van der Waals surface area contributed by atoms with Crippen LogP contribution in [0, 0.1) is 0 Å². The zero-order valence-electron chi connectivity index (χ0n) is 12.3. The fourth-order valence-corrected chi connectivity index (χ4v) is 2.34. The summed E-state index contributed by atoms with van der Waals surface area (Å²) in [4.78, 5) is 0. The third kappa shape index (κ3) is 3.63. The molecule has 0 aromatic heterocycles. The summed E-state index contributed by atoms with van der Waals surface area (Å²) in [5.41, 5.74) is 2.66. The van der Waals surface area contributed by atoms with Gasteiger partial charge in [-0.2, -0.15) is 0 Å². The van der Waals surface area contributed by atoms with Crippen LogP contribution in [-0.2, 0) is 12.0 Å². The maximum Gasteiger partial charge on any atom is 0.134 e. The highest BCUT2D eigenvalue weighted by atomic mass is 79.9. The molecule has 2 rings (SSSR count). The monoisotopic (exact) mass is 332 g/mol. The Balaban J connectivity index is 2.17. The molecular weight excluding hydrogens is 312 g/mol. The first-order chi connectivity index (χ1) is 9.53. The maximum absolute atomic E-state index is 5.96. The van der Waals surface area contributed by atoms with E-state index >= 15 is 0 Å². The van der Waals surface area contributed by atoms with E-state index < -0.39 is 0 Å². The molecule has 0 radical (unpaired) electrons. The Kier molecular flexibility index (Phi) is 4.87. The molecule has 0 bridgehead atoms. The van der Waals surface area contributed by atoms with E-state index in [-0.39, 0.29) is 5.41 Å². The molecule has 0 amide bonds. The summed E-state index contributed by atoms with van der Waals surface area (Å²) in [7, 11) is 0. The van der Waals surface area contributed by atoms with Crippen LogP contribution in [0.25, 0.3) is 0 Å². The van der Waals surface area contributed by atoms with E-state index in [9.17, 15) is 0 Å². The molecule has 0 saturated carbocycles. The van der Waals surface area contributed by atoms with Crippen molar-refractivity contribution >= 4 is 15.9 Å². The fraction of sp³-hybridized carbons (Fsp3) is 0.333. The van der Waals surface area contributed by atoms with Crippen molar-refractivity contribution in [3.8, 4) is 5.75 Å². The molecule has 0 fully saturated rings. The van der Waals surface area contributed by atoms with E-state index in [2.05, 4.69) is 67.0 Å². The Hall–Kier alpha value is -1.28. The lowest BCUT2D eigenvalue weighted by molar-refractivity contribution is 0.303. The van der Waals surface area contributed by atoms with Crippen LogP contribution in [0.2, 0.25) is 0 Å². The molecule has 0 saturated heterocycles. The van der Waals surface area contributed by atoms with E-state index in [4.69, 9.17) is 4.74 Å². The molecule has 0 spiro atoms. The highest BCUT2D eigenvalue weighted by Gasteiger charge is 2.19. The van der Waals surface area contributed by atoms with E-state index in [1.807, 2.05) is 18.2 Å². The molecular formula is C18H21BrO. The molecule has 0 unspecified atom stereocenters. The zero-order chi connectivity index (χ0) is 14.6. The average Bonchev–Trinajstić information content (AvgIpc) is 2.47. The Bertz CT molecular complexity index is 561. The summed E-state index contributed by atoms with van der Waals surface area (Å²) in [5, 5.41) is 0. The second kappa shape index (κ2) is 6.45. The lowest BCUT2D eigenvalue weighted by atomic mass is 9.82. The van der Waals surface area contributed by atoms with Crippen LogP contribution in [0.15, 0.2) is 53.0 Å². The van der Waals surface area contributed by atoms with Crippen molar-refractivity contribution in [1.82, 2.24) is 0 Å². The Morgan fingerprint density at radius 2 is 1.75 bits per heavy atom. The van der Waals surface area contributed by atoms with Crippen LogP contribution in [-0.4, -0.2) is 0 Å². The van der Waals surface area contributed by atoms with Gasteiger partial charge in [-0.25, -0.2) is 0 Å². The summed E-state index contributed by atoms with van der Waals surface area (Å²) < 4.78 is 6.96. The highest BCUT2D eigenvalue weighted by Crippen LogP contribution is 2.33. The SMILES string of the molecule is CCC(C)(C)c1ccc(Br)c(OCc2ccccc2)c1. The van der Waals surface area contributed by atoms with E-state index in [0.717, 1.165) is 16.6 Å². The summed E-state index contributed by atoms with van der Waals surface area (Å²) in [6, 6.07) is 16.6. The van der Waals surface area contributed by atoms with Crippen LogP contribution < -0.4 is 4.74 Å². The third-order valence-corrected chi connectivity index (χ3v) is 4.49. The topological polar surface area (TPSA) is 9.23 Å². The lowest BCUT2D eigenvalue weighted by Crippen LogP contribution is -2.15. The van der Waals surface area contributed by atoms with Gasteiger partial charge in [0, 0.05) is 0 Å². The molecule has 0 N–H and O–H groups in total. The van der Waals surface area contributed by atoms with Crippen LogP contribution in [0.5, 0.6) is 5.75 Å². The normalized spacial score (nSPS) is 11.4.